The van der Waals surface area contributed by atoms with Gasteiger partial charge in [-0.3, -0.25) is 9.59 Å². The second-order valence-electron chi connectivity index (χ2n) is 9.52. The van der Waals surface area contributed by atoms with Gasteiger partial charge >= 0.3 is 0 Å². The summed E-state index contributed by atoms with van der Waals surface area (Å²) in [7, 11) is 0. The van der Waals surface area contributed by atoms with E-state index in [0.717, 1.165) is 36.5 Å². The van der Waals surface area contributed by atoms with Gasteiger partial charge in [0.05, 0.1) is 18.3 Å². The number of benzene rings is 1. The average molecular weight is 466 g/mol. The van der Waals surface area contributed by atoms with Crippen LogP contribution in [0.4, 0.5) is 5.82 Å². The molecule has 4 rings (SSSR count). The van der Waals surface area contributed by atoms with Crippen LogP contribution in [-0.4, -0.2) is 83.8 Å². The Morgan fingerprint density at radius 3 is 2.44 bits per heavy atom. The van der Waals surface area contributed by atoms with Crippen LogP contribution in [0.5, 0.6) is 0 Å². The third-order valence-corrected chi connectivity index (χ3v) is 6.39. The molecule has 2 aliphatic heterocycles. The van der Waals surface area contributed by atoms with Crippen LogP contribution in [0.3, 0.4) is 0 Å². The van der Waals surface area contributed by atoms with Crippen LogP contribution >= 0.6 is 0 Å². The molecule has 1 aromatic carbocycles. The van der Waals surface area contributed by atoms with Gasteiger partial charge in [-0.25, -0.2) is 0 Å². The number of piperazine rings is 1. The van der Waals surface area contributed by atoms with Crippen molar-refractivity contribution in [2.45, 2.75) is 39.2 Å². The molecule has 2 fully saturated rings. The monoisotopic (exact) mass is 465 g/mol. The van der Waals surface area contributed by atoms with Crippen molar-refractivity contribution in [3.8, 4) is 11.3 Å². The molecule has 0 saturated carbocycles. The van der Waals surface area contributed by atoms with Crippen LogP contribution in [0.1, 0.15) is 33.1 Å². The largest absolute Gasteiger partial charge is 0.376 e. The Labute approximate surface area is 201 Å². The number of hydrogen-bond donors (Lipinski definition) is 0. The number of aromatic nitrogens is 2. The molecule has 0 spiro atoms. The van der Waals surface area contributed by atoms with E-state index in [1.165, 1.54) is 0 Å². The van der Waals surface area contributed by atoms with Crippen molar-refractivity contribution in [2.24, 2.45) is 5.92 Å². The van der Waals surface area contributed by atoms with Crippen molar-refractivity contribution < 1.29 is 14.3 Å². The van der Waals surface area contributed by atoms with Gasteiger partial charge in [0, 0.05) is 51.3 Å². The van der Waals surface area contributed by atoms with E-state index in [2.05, 4.69) is 15.1 Å². The maximum Gasteiger partial charge on any atom is 0.242 e. The van der Waals surface area contributed by atoms with E-state index in [0.29, 0.717) is 39.1 Å². The van der Waals surface area contributed by atoms with E-state index in [-0.39, 0.29) is 30.4 Å². The van der Waals surface area contributed by atoms with Gasteiger partial charge < -0.3 is 19.4 Å². The van der Waals surface area contributed by atoms with Crippen molar-refractivity contribution >= 4 is 17.6 Å². The molecule has 0 aliphatic carbocycles. The standard InChI is InChI=1S/C26H35N5O3/c1-20(2)17-25(32)31(18-22-9-6-16-34-22)19-26(33)30-14-12-29(13-15-30)24-11-10-23(27-28-24)21-7-4-3-5-8-21/h3-5,7-8,10-11,20,22H,6,9,12-19H2,1-2H3/t22-/m1/s1. The third kappa shape index (κ3) is 6.32. The molecule has 182 valence electrons. The first kappa shape index (κ1) is 24.1. The van der Waals surface area contributed by atoms with E-state index in [1.807, 2.05) is 61.2 Å². The fraction of sp³-hybridized carbons (Fsp3) is 0.538. The van der Waals surface area contributed by atoms with Crippen LogP contribution in [0.15, 0.2) is 42.5 Å². The number of carbonyl (C=O) groups excluding carboxylic acids is 2. The Balaban J connectivity index is 1.31. The van der Waals surface area contributed by atoms with Crippen LogP contribution < -0.4 is 4.90 Å². The molecule has 1 aromatic heterocycles. The number of anilines is 1. The van der Waals surface area contributed by atoms with E-state index < -0.39 is 0 Å². The topological polar surface area (TPSA) is 78.9 Å². The molecular formula is C26H35N5O3. The predicted octanol–water partition coefficient (Wildman–Crippen LogP) is 2.85. The minimum Gasteiger partial charge on any atom is -0.376 e. The van der Waals surface area contributed by atoms with Crippen molar-refractivity contribution in [1.82, 2.24) is 20.0 Å². The summed E-state index contributed by atoms with van der Waals surface area (Å²) in [5.74, 6) is 1.11. The molecule has 0 bridgehead atoms. The highest BCUT2D eigenvalue weighted by molar-refractivity contribution is 5.85. The van der Waals surface area contributed by atoms with Crippen molar-refractivity contribution in [3.05, 3.63) is 42.5 Å². The first-order valence-corrected chi connectivity index (χ1v) is 12.3. The molecule has 0 unspecified atom stereocenters. The Kier molecular flexibility index (Phi) is 8.11. The summed E-state index contributed by atoms with van der Waals surface area (Å²) in [6, 6.07) is 14.0. The average Bonchev–Trinajstić information content (AvgIpc) is 3.37. The lowest BCUT2D eigenvalue weighted by Gasteiger charge is -2.36. The van der Waals surface area contributed by atoms with Crippen molar-refractivity contribution in [1.29, 1.82) is 0 Å². The van der Waals surface area contributed by atoms with Gasteiger partial charge in [-0.2, -0.15) is 0 Å². The molecule has 2 amide bonds. The van der Waals surface area contributed by atoms with E-state index >= 15 is 0 Å². The number of ether oxygens (including phenoxy) is 1. The minimum atomic E-state index is 0.000243. The van der Waals surface area contributed by atoms with Crippen molar-refractivity contribution in [2.75, 3.05) is 50.8 Å². The smallest absolute Gasteiger partial charge is 0.242 e. The van der Waals surface area contributed by atoms with Crippen LogP contribution in [0, 0.1) is 5.92 Å². The molecule has 3 heterocycles. The molecule has 8 nitrogen and oxygen atoms in total. The lowest BCUT2D eigenvalue weighted by atomic mass is 10.1. The Bertz CT molecular complexity index is 937. The molecule has 0 radical (unpaired) electrons. The lowest BCUT2D eigenvalue weighted by Crippen LogP contribution is -2.52. The van der Waals surface area contributed by atoms with Crippen LogP contribution in [0.2, 0.25) is 0 Å². The van der Waals surface area contributed by atoms with Gasteiger partial charge in [-0.05, 0) is 30.9 Å². The highest BCUT2D eigenvalue weighted by atomic mass is 16.5. The second-order valence-corrected chi connectivity index (χ2v) is 9.52. The lowest BCUT2D eigenvalue weighted by molar-refractivity contribution is -0.142. The van der Waals surface area contributed by atoms with E-state index in [4.69, 9.17) is 4.74 Å². The molecule has 1 atom stereocenters. The number of carbonyl (C=O) groups is 2. The van der Waals surface area contributed by atoms with Gasteiger partial charge in [0.15, 0.2) is 5.82 Å². The van der Waals surface area contributed by atoms with Crippen LogP contribution in [-0.2, 0) is 14.3 Å². The summed E-state index contributed by atoms with van der Waals surface area (Å²) >= 11 is 0. The highest BCUT2D eigenvalue weighted by Gasteiger charge is 2.28. The molecule has 8 heteroatoms. The van der Waals surface area contributed by atoms with Gasteiger partial charge in [0.1, 0.15) is 0 Å². The molecule has 0 N–H and O–H groups in total. The van der Waals surface area contributed by atoms with E-state index in [1.54, 1.807) is 4.90 Å². The zero-order valence-corrected chi connectivity index (χ0v) is 20.2. The van der Waals surface area contributed by atoms with Gasteiger partial charge in [-0.15, -0.1) is 10.2 Å². The Hall–Kier alpha value is -3.00. The summed E-state index contributed by atoms with van der Waals surface area (Å²) < 4.78 is 5.73. The maximum absolute atomic E-state index is 13.1. The van der Waals surface area contributed by atoms with Crippen LogP contribution in [0.25, 0.3) is 11.3 Å². The number of amides is 2. The third-order valence-electron chi connectivity index (χ3n) is 6.39. The molecule has 2 aliphatic rings. The Morgan fingerprint density at radius 2 is 1.82 bits per heavy atom. The zero-order chi connectivity index (χ0) is 23.9. The molecule has 2 aromatic rings. The number of nitrogens with zero attached hydrogens (tertiary/aromatic N) is 5. The van der Waals surface area contributed by atoms with Crippen molar-refractivity contribution in [3.63, 3.8) is 0 Å². The fourth-order valence-corrected chi connectivity index (χ4v) is 4.47. The Morgan fingerprint density at radius 1 is 1.06 bits per heavy atom. The first-order chi connectivity index (χ1) is 16.5. The van der Waals surface area contributed by atoms with Gasteiger partial charge in [0.2, 0.25) is 11.8 Å². The number of hydrogen-bond acceptors (Lipinski definition) is 6. The van der Waals surface area contributed by atoms with Gasteiger partial charge in [-0.1, -0.05) is 44.2 Å². The quantitative estimate of drug-likeness (QED) is 0.597. The first-order valence-electron chi connectivity index (χ1n) is 12.3. The fourth-order valence-electron chi connectivity index (χ4n) is 4.47. The normalized spacial score (nSPS) is 18.4. The maximum atomic E-state index is 13.1. The summed E-state index contributed by atoms with van der Waals surface area (Å²) in [4.78, 5) is 31.6. The zero-order valence-electron chi connectivity index (χ0n) is 20.2. The summed E-state index contributed by atoms with van der Waals surface area (Å²) in [6.45, 7) is 8.00. The second kappa shape index (κ2) is 11.4. The number of rotatable bonds is 8. The summed E-state index contributed by atoms with van der Waals surface area (Å²) in [5.41, 5.74) is 1.88. The van der Waals surface area contributed by atoms with Gasteiger partial charge in [0.25, 0.3) is 0 Å². The highest BCUT2D eigenvalue weighted by Crippen LogP contribution is 2.20. The molecular weight excluding hydrogens is 430 g/mol. The summed E-state index contributed by atoms with van der Waals surface area (Å²) in [5, 5.41) is 8.79. The molecule has 34 heavy (non-hydrogen) atoms. The van der Waals surface area contributed by atoms with E-state index in [9.17, 15) is 9.59 Å². The minimum absolute atomic E-state index is 0.000243. The SMILES string of the molecule is CC(C)CC(=O)N(CC(=O)N1CCN(c2ccc(-c3ccccc3)nn2)CC1)C[C@H]1CCCO1. The molecule has 2 saturated heterocycles. The predicted molar refractivity (Wildman–Crippen MR) is 131 cm³/mol. The summed E-state index contributed by atoms with van der Waals surface area (Å²) in [6.07, 6.45) is 2.45.